The summed E-state index contributed by atoms with van der Waals surface area (Å²) in [6.07, 6.45) is 8.41. The molecule has 0 bridgehead atoms. The molecule has 3 heteroatoms. The number of aryl methyl sites for hydroxylation is 1. The second kappa shape index (κ2) is 7.09. The zero-order chi connectivity index (χ0) is 11.8. The van der Waals surface area contributed by atoms with Crippen molar-refractivity contribution >= 4 is 5.97 Å². The Kier molecular flexibility index (Phi) is 5.68. The zero-order valence-corrected chi connectivity index (χ0v) is 10.1. The fourth-order valence-corrected chi connectivity index (χ4v) is 1.72. The van der Waals surface area contributed by atoms with Crippen molar-refractivity contribution in [1.82, 2.24) is 0 Å². The van der Waals surface area contributed by atoms with Gasteiger partial charge in [0.05, 0.1) is 13.4 Å². The summed E-state index contributed by atoms with van der Waals surface area (Å²) >= 11 is 0. The van der Waals surface area contributed by atoms with Crippen LogP contribution in [0, 0.1) is 0 Å². The van der Waals surface area contributed by atoms with E-state index < -0.39 is 0 Å². The molecule has 1 aromatic rings. The van der Waals surface area contributed by atoms with Crippen LogP contribution in [0.5, 0.6) is 0 Å². The molecule has 0 aliphatic carbocycles. The molecular formula is C13H20O3. The SMILES string of the molecule is CCCCCCCc1occc1C(=O)OC. The molecular weight excluding hydrogens is 204 g/mol. The van der Waals surface area contributed by atoms with Crippen LogP contribution in [0.1, 0.15) is 55.1 Å². The Morgan fingerprint density at radius 1 is 1.31 bits per heavy atom. The molecule has 0 aliphatic rings. The van der Waals surface area contributed by atoms with Crippen LogP contribution in [0.25, 0.3) is 0 Å². The van der Waals surface area contributed by atoms with Crippen molar-refractivity contribution < 1.29 is 13.9 Å². The Balaban J connectivity index is 2.36. The highest BCUT2D eigenvalue weighted by Crippen LogP contribution is 2.15. The molecule has 0 saturated carbocycles. The third-order valence-electron chi connectivity index (χ3n) is 2.66. The number of rotatable bonds is 7. The van der Waals surface area contributed by atoms with Crippen molar-refractivity contribution in [3.05, 3.63) is 23.7 Å². The number of methoxy groups -OCH3 is 1. The molecule has 1 aromatic heterocycles. The van der Waals surface area contributed by atoms with Gasteiger partial charge in [0.1, 0.15) is 11.3 Å². The van der Waals surface area contributed by atoms with Gasteiger partial charge < -0.3 is 9.15 Å². The van der Waals surface area contributed by atoms with Crippen molar-refractivity contribution in [3.63, 3.8) is 0 Å². The van der Waals surface area contributed by atoms with Gasteiger partial charge in [-0.1, -0.05) is 32.6 Å². The van der Waals surface area contributed by atoms with Crippen molar-refractivity contribution in [2.45, 2.75) is 45.4 Å². The first-order valence-electron chi connectivity index (χ1n) is 5.94. The topological polar surface area (TPSA) is 39.4 Å². The fraction of sp³-hybridized carbons (Fsp3) is 0.615. The largest absolute Gasteiger partial charge is 0.468 e. The van der Waals surface area contributed by atoms with Gasteiger partial charge >= 0.3 is 5.97 Å². The molecule has 0 atom stereocenters. The molecule has 1 heterocycles. The van der Waals surface area contributed by atoms with E-state index in [0.717, 1.165) is 18.6 Å². The fourth-order valence-electron chi connectivity index (χ4n) is 1.72. The van der Waals surface area contributed by atoms with Crippen molar-refractivity contribution in [2.24, 2.45) is 0 Å². The Bertz CT molecular complexity index is 315. The summed E-state index contributed by atoms with van der Waals surface area (Å²) in [4.78, 5) is 11.3. The van der Waals surface area contributed by atoms with Gasteiger partial charge in [-0.3, -0.25) is 0 Å². The summed E-state index contributed by atoms with van der Waals surface area (Å²) in [5.41, 5.74) is 0.568. The van der Waals surface area contributed by atoms with Crippen LogP contribution in [0.4, 0.5) is 0 Å². The number of hydrogen-bond donors (Lipinski definition) is 0. The summed E-state index contributed by atoms with van der Waals surface area (Å²) in [6, 6.07) is 1.67. The van der Waals surface area contributed by atoms with Crippen molar-refractivity contribution in [2.75, 3.05) is 7.11 Å². The molecule has 0 amide bonds. The minimum atomic E-state index is -0.308. The van der Waals surface area contributed by atoms with Crippen molar-refractivity contribution in [1.29, 1.82) is 0 Å². The number of furan rings is 1. The maximum atomic E-state index is 11.3. The predicted molar refractivity (Wildman–Crippen MR) is 62.5 cm³/mol. The summed E-state index contributed by atoms with van der Waals surface area (Å²) in [5.74, 6) is 0.445. The smallest absolute Gasteiger partial charge is 0.341 e. The highest BCUT2D eigenvalue weighted by molar-refractivity contribution is 5.90. The monoisotopic (exact) mass is 224 g/mol. The van der Waals surface area contributed by atoms with Crippen LogP contribution in [0.15, 0.2) is 16.7 Å². The lowest BCUT2D eigenvalue weighted by molar-refractivity contribution is 0.0598. The molecule has 0 unspecified atom stereocenters. The second-order valence-electron chi connectivity index (χ2n) is 3.91. The van der Waals surface area contributed by atoms with E-state index in [4.69, 9.17) is 4.42 Å². The number of unbranched alkanes of at least 4 members (excludes halogenated alkanes) is 4. The lowest BCUT2D eigenvalue weighted by Crippen LogP contribution is -2.02. The average molecular weight is 224 g/mol. The Labute approximate surface area is 96.8 Å². The van der Waals surface area contributed by atoms with E-state index in [1.54, 1.807) is 12.3 Å². The average Bonchev–Trinajstić information content (AvgIpc) is 2.76. The van der Waals surface area contributed by atoms with Gasteiger partial charge in [0.25, 0.3) is 0 Å². The molecule has 0 saturated heterocycles. The highest BCUT2D eigenvalue weighted by Gasteiger charge is 2.14. The van der Waals surface area contributed by atoms with Gasteiger partial charge in [-0.2, -0.15) is 0 Å². The molecule has 1 rings (SSSR count). The lowest BCUT2D eigenvalue weighted by atomic mass is 10.1. The summed E-state index contributed by atoms with van der Waals surface area (Å²) in [6.45, 7) is 2.20. The van der Waals surface area contributed by atoms with Gasteiger partial charge in [0.15, 0.2) is 0 Å². The summed E-state index contributed by atoms with van der Waals surface area (Å²) < 4.78 is 9.97. The standard InChI is InChI=1S/C13H20O3/c1-3-4-5-6-7-8-12-11(9-10-16-12)13(14)15-2/h9-10H,3-8H2,1-2H3. The second-order valence-corrected chi connectivity index (χ2v) is 3.91. The Morgan fingerprint density at radius 3 is 2.75 bits per heavy atom. The van der Waals surface area contributed by atoms with Crippen LogP contribution in [0.3, 0.4) is 0 Å². The van der Waals surface area contributed by atoms with Gasteiger partial charge in [0, 0.05) is 6.42 Å². The normalized spacial score (nSPS) is 10.4. The summed E-state index contributed by atoms with van der Waals surface area (Å²) in [7, 11) is 1.39. The zero-order valence-electron chi connectivity index (χ0n) is 10.1. The van der Waals surface area contributed by atoms with Crippen molar-refractivity contribution in [3.8, 4) is 0 Å². The number of esters is 1. The van der Waals surface area contributed by atoms with E-state index in [0.29, 0.717) is 5.56 Å². The molecule has 0 radical (unpaired) electrons. The third kappa shape index (κ3) is 3.72. The predicted octanol–water partition coefficient (Wildman–Crippen LogP) is 3.58. The molecule has 0 N–H and O–H groups in total. The first kappa shape index (κ1) is 12.8. The molecule has 0 fully saturated rings. The van der Waals surface area contributed by atoms with E-state index in [1.165, 1.54) is 32.8 Å². The first-order valence-corrected chi connectivity index (χ1v) is 5.94. The van der Waals surface area contributed by atoms with Crippen LogP contribution in [-0.4, -0.2) is 13.1 Å². The van der Waals surface area contributed by atoms with Gasteiger partial charge in [0.2, 0.25) is 0 Å². The van der Waals surface area contributed by atoms with E-state index >= 15 is 0 Å². The molecule has 0 aliphatic heterocycles. The maximum absolute atomic E-state index is 11.3. The van der Waals surface area contributed by atoms with Crippen LogP contribution in [0.2, 0.25) is 0 Å². The molecule has 3 nitrogen and oxygen atoms in total. The first-order chi connectivity index (χ1) is 7.79. The number of carbonyl (C=O) groups is 1. The maximum Gasteiger partial charge on any atom is 0.341 e. The van der Waals surface area contributed by atoms with E-state index in [1.807, 2.05) is 0 Å². The minimum absolute atomic E-state index is 0.308. The number of carbonyl (C=O) groups excluding carboxylic acids is 1. The Hall–Kier alpha value is -1.25. The quantitative estimate of drug-likeness (QED) is 0.525. The van der Waals surface area contributed by atoms with Crippen LogP contribution < -0.4 is 0 Å². The Morgan fingerprint density at radius 2 is 2.06 bits per heavy atom. The van der Waals surface area contributed by atoms with E-state index in [9.17, 15) is 4.79 Å². The number of hydrogen-bond acceptors (Lipinski definition) is 3. The van der Waals surface area contributed by atoms with E-state index in [-0.39, 0.29) is 5.97 Å². The van der Waals surface area contributed by atoms with Crippen LogP contribution in [-0.2, 0) is 11.2 Å². The van der Waals surface area contributed by atoms with Gasteiger partial charge in [-0.15, -0.1) is 0 Å². The van der Waals surface area contributed by atoms with Gasteiger partial charge in [-0.05, 0) is 12.5 Å². The molecule has 90 valence electrons. The number of ether oxygens (including phenoxy) is 1. The highest BCUT2D eigenvalue weighted by atomic mass is 16.5. The van der Waals surface area contributed by atoms with Gasteiger partial charge in [-0.25, -0.2) is 4.79 Å². The van der Waals surface area contributed by atoms with E-state index in [2.05, 4.69) is 11.7 Å². The summed E-state index contributed by atoms with van der Waals surface area (Å²) in [5, 5.41) is 0. The molecule has 16 heavy (non-hydrogen) atoms. The lowest BCUT2D eigenvalue weighted by Gasteiger charge is -2.01. The molecule has 0 aromatic carbocycles. The minimum Gasteiger partial charge on any atom is -0.468 e. The molecule has 0 spiro atoms. The third-order valence-corrected chi connectivity index (χ3v) is 2.66. The van der Waals surface area contributed by atoms with Crippen LogP contribution >= 0.6 is 0 Å².